The van der Waals surface area contributed by atoms with E-state index in [0.29, 0.717) is 18.7 Å². The van der Waals surface area contributed by atoms with Gasteiger partial charge in [-0.3, -0.25) is 9.48 Å². The summed E-state index contributed by atoms with van der Waals surface area (Å²) in [5, 5.41) is 13.8. The van der Waals surface area contributed by atoms with Crippen LogP contribution in [0.1, 0.15) is 39.2 Å². The van der Waals surface area contributed by atoms with E-state index >= 15 is 0 Å². The molecule has 24 heavy (non-hydrogen) atoms. The standard InChI is InChI=1S/C17H23N5O2/c1-11(2)22-15-9-13(7-6-12(15)10-19-22)20-17(24)21-14-5-3-4-8-18-16(14)23/h6-7,9-11,14H,3-5,8H2,1-2H3,(H,18,23)(H2,20,21,24). The number of carbonyl (C=O) groups excluding carboxylic acids is 2. The SMILES string of the molecule is CC(C)n1ncc2ccc(NC(=O)NC3CCCCNC3=O)cc21. The van der Waals surface area contributed by atoms with Gasteiger partial charge in [-0.1, -0.05) is 0 Å². The minimum Gasteiger partial charge on any atom is -0.354 e. The summed E-state index contributed by atoms with van der Waals surface area (Å²) >= 11 is 0. The Morgan fingerprint density at radius 3 is 3.00 bits per heavy atom. The number of aromatic nitrogens is 2. The van der Waals surface area contributed by atoms with Gasteiger partial charge in [0.05, 0.1) is 11.7 Å². The first-order valence-corrected chi connectivity index (χ1v) is 8.37. The molecule has 1 unspecified atom stereocenters. The Bertz CT molecular complexity index is 753. The topological polar surface area (TPSA) is 88.1 Å². The minimum atomic E-state index is -0.475. The summed E-state index contributed by atoms with van der Waals surface area (Å²) in [5.41, 5.74) is 1.64. The van der Waals surface area contributed by atoms with Crippen molar-refractivity contribution in [3.63, 3.8) is 0 Å². The number of urea groups is 1. The number of carbonyl (C=O) groups is 2. The monoisotopic (exact) mass is 329 g/mol. The smallest absolute Gasteiger partial charge is 0.319 e. The summed E-state index contributed by atoms with van der Waals surface area (Å²) in [5.74, 6) is -0.115. The van der Waals surface area contributed by atoms with Crippen LogP contribution in [0.3, 0.4) is 0 Å². The number of fused-ring (bicyclic) bond motifs is 1. The molecule has 1 aliphatic rings. The van der Waals surface area contributed by atoms with E-state index in [9.17, 15) is 9.59 Å². The van der Waals surface area contributed by atoms with Crippen LogP contribution in [0.15, 0.2) is 24.4 Å². The van der Waals surface area contributed by atoms with Crippen molar-refractivity contribution in [2.75, 3.05) is 11.9 Å². The summed E-state index contributed by atoms with van der Waals surface area (Å²) in [6.45, 7) is 4.79. The molecule has 3 rings (SSSR count). The number of benzene rings is 1. The number of amides is 3. The molecule has 1 fully saturated rings. The van der Waals surface area contributed by atoms with Crippen LogP contribution in [0.25, 0.3) is 10.9 Å². The van der Waals surface area contributed by atoms with Crippen molar-refractivity contribution in [2.24, 2.45) is 0 Å². The highest BCUT2D eigenvalue weighted by Gasteiger charge is 2.22. The number of nitrogens with one attached hydrogen (secondary N) is 3. The average molecular weight is 329 g/mol. The first kappa shape index (κ1) is 16.3. The number of hydrogen-bond acceptors (Lipinski definition) is 3. The number of rotatable bonds is 3. The zero-order chi connectivity index (χ0) is 17.1. The zero-order valence-corrected chi connectivity index (χ0v) is 14.0. The van der Waals surface area contributed by atoms with Gasteiger partial charge >= 0.3 is 6.03 Å². The lowest BCUT2D eigenvalue weighted by Gasteiger charge is -2.16. The fourth-order valence-electron chi connectivity index (χ4n) is 2.93. The second-order valence-corrected chi connectivity index (χ2v) is 6.39. The fraction of sp³-hybridized carbons (Fsp3) is 0.471. The number of hydrogen-bond donors (Lipinski definition) is 3. The molecule has 0 saturated carbocycles. The Morgan fingerprint density at radius 2 is 2.21 bits per heavy atom. The molecule has 0 radical (unpaired) electrons. The van der Waals surface area contributed by atoms with Crippen LogP contribution in [-0.4, -0.2) is 34.3 Å². The molecule has 128 valence electrons. The lowest BCUT2D eigenvalue weighted by molar-refractivity contribution is -0.122. The second kappa shape index (κ2) is 6.90. The minimum absolute atomic E-state index is 0.115. The molecule has 3 N–H and O–H groups in total. The van der Waals surface area contributed by atoms with E-state index in [0.717, 1.165) is 23.7 Å². The molecule has 0 bridgehead atoms. The Kier molecular flexibility index (Phi) is 4.69. The van der Waals surface area contributed by atoms with Gasteiger partial charge in [0.2, 0.25) is 5.91 Å². The maximum Gasteiger partial charge on any atom is 0.319 e. The zero-order valence-electron chi connectivity index (χ0n) is 14.0. The number of anilines is 1. The van der Waals surface area contributed by atoms with Gasteiger partial charge in [-0.15, -0.1) is 0 Å². The van der Waals surface area contributed by atoms with Gasteiger partial charge in [0, 0.05) is 23.7 Å². The van der Waals surface area contributed by atoms with E-state index in [-0.39, 0.29) is 18.0 Å². The van der Waals surface area contributed by atoms with Gasteiger partial charge in [0.1, 0.15) is 6.04 Å². The molecule has 1 saturated heterocycles. The molecule has 0 aliphatic carbocycles. The van der Waals surface area contributed by atoms with Crippen molar-refractivity contribution in [1.29, 1.82) is 0 Å². The van der Waals surface area contributed by atoms with Gasteiger partial charge in [0.25, 0.3) is 0 Å². The van der Waals surface area contributed by atoms with Gasteiger partial charge in [-0.2, -0.15) is 5.10 Å². The number of nitrogens with zero attached hydrogens (tertiary/aromatic N) is 2. The Morgan fingerprint density at radius 1 is 1.38 bits per heavy atom. The molecule has 1 aromatic heterocycles. The highest BCUT2D eigenvalue weighted by molar-refractivity contribution is 5.95. The van der Waals surface area contributed by atoms with Crippen LogP contribution in [0.4, 0.5) is 10.5 Å². The summed E-state index contributed by atoms with van der Waals surface area (Å²) < 4.78 is 1.91. The van der Waals surface area contributed by atoms with Gasteiger partial charge in [-0.25, -0.2) is 4.79 Å². The normalized spacial score (nSPS) is 18.3. The molecule has 7 heteroatoms. The maximum atomic E-state index is 12.2. The van der Waals surface area contributed by atoms with Crippen molar-refractivity contribution in [3.05, 3.63) is 24.4 Å². The predicted molar refractivity (Wildman–Crippen MR) is 92.9 cm³/mol. The van der Waals surface area contributed by atoms with Crippen LogP contribution in [0.5, 0.6) is 0 Å². The van der Waals surface area contributed by atoms with E-state index in [1.807, 2.05) is 29.1 Å². The summed E-state index contributed by atoms with van der Waals surface area (Å²) in [7, 11) is 0. The molecular weight excluding hydrogens is 306 g/mol. The van der Waals surface area contributed by atoms with Gasteiger partial charge in [0.15, 0.2) is 0 Å². The van der Waals surface area contributed by atoms with E-state index < -0.39 is 6.04 Å². The van der Waals surface area contributed by atoms with Crippen molar-refractivity contribution in [2.45, 2.75) is 45.2 Å². The van der Waals surface area contributed by atoms with E-state index in [1.54, 1.807) is 0 Å². The van der Waals surface area contributed by atoms with Crippen LogP contribution < -0.4 is 16.0 Å². The maximum absolute atomic E-state index is 12.2. The third-order valence-electron chi connectivity index (χ3n) is 4.19. The molecule has 3 amide bonds. The second-order valence-electron chi connectivity index (χ2n) is 6.39. The Hall–Kier alpha value is -2.57. The molecular formula is C17H23N5O2. The van der Waals surface area contributed by atoms with Gasteiger partial charge < -0.3 is 16.0 Å². The lowest BCUT2D eigenvalue weighted by Crippen LogP contribution is -2.47. The first-order chi connectivity index (χ1) is 11.5. The van der Waals surface area contributed by atoms with Crippen LogP contribution in [-0.2, 0) is 4.79 Å². The third-order valence-corrected chi connectivity index (χ3v) is 4.19. The molecule has 7 nitrogen and oxygen atoms in total. The molecule has 1 atom stereocenters. The predicted octanol–water partition coefficient (Wildman–Crippen LogP) is 2.41. The highest BCUT2D eigenvalue weighted by Crippen LogP contribution is 2.21. The van der Waals surface area contributed by atoms with Crippen molar-refractivity contribution < 1.29 is 9.59 Å². The first-order valence-electron chi connectivity index (χ1n) is 8.37. The van der Waals surface area contributed by atoms with Crippen molar-refractivity contribution >= 4 is 28.5 Å². The molecule has 2 aromatic rings. The third kappa shape index (κ3) is 3.50. The molecule has 1 aliphatic heterocycles. The Balaban J connectivity index is 1.70. The quantitative estimate of drug-likeness (QED) is 0.808. The summed E-state index contributed by atoms with van der Waals surface area (Å²) in [4.78, 5) is 24.1. The summed E-state index contributed by atoms with van der Waals surface area (Å²) in [6.07, 6.45) is 4.35. The van der Waals surface area contributed by atoms with Crippen LogP contribution in [0.2, 0.25) is 0 Å². The van der Waals surface area contributed by atoms with Crippen molar-refractivity contribution in [3.8, 4) is 0 Å². The lowest BCUT2D eigenvalue weighted by atomic mass is 10.1. The van der Waals surface area contributed by atoms with Crippen LogP contribution in [0, 0.1) is 0 Å². The van der Waals surface area contributed by atoms with Crippen LogP contribution >= 0.6 is 0 Å². The van der Waals surface area contributed by atoms with E-state index in [2.05, 4.69) is 34.9 Å². The highest BCUT2D eigenvalue weighted by atomic mass is 16.2. The Labute approximate surface area is 140 Å². The fourth-order valence-corrected chi connectivity index (χ4v) is 2.93. The average Bonchev–Trinajstić information content (AvgIpc) is 2.86. The molecule has 1 aromatic carbocycles. The van der Waals surface area contributed by atoms with Crippen molar-refractivity contribution in [1.82, 2.24) is 20.4 Å². The molecule has 2 heterocycles. The van der Waals surface area contributed by atoms with E-state index in [1.165, 1.54) is 0 Å². The summed E-state index contributed by atoms with van der Waals surface area (Å²) in [6, 6.07) is 5.05. The molecule has 0 spiro atoms. The largest absolute Gasteiger partial charge is 0.354 e. The van der Waals surface area contributed by atoms with E-state index in [4.69, 9.17) is 0 Å². The van der Waals surface area contributed by atoms with Gasteiger partial charge in [-0.05, 0) is 51.3 Å².